The van der Waals surface area contributed by atoms with Crippen LogP contribution in [0.2, 0.25) is 19.6 Å². The lowest BCUT2D eigenvalue weighted by atomic mass is 10.1. The van der Waals surface area contributed by atoms with Crippen molar-refractivity contribution in [3.63, 3.8) is 0 Å². The van der Waals surface area contributed by atoms with Crippen LogP contribution in [-0.4, -0.2) is 22.2 Å². The number of benzene rings is 2. The highest BCUT2D eigenvalue weighted by atomic mass is 32.2. The monoisotopic (exact) mass is 398 g/mol. The maximum Gasteiger partial charge on any atom is 0.276 e. The van der Waals surface area contributed by atoms with Gasteiger partial charge in [0.2, 0.25) is 0 Å². The fourth-order valence-corrected chi connectivity index (χ4v) is 3.55. The van der Waals surface area contributed by atoms with Gasteiger partial charge in [-0.25, -0.2) is 0 Å². The Morgan fingerprint density at radius 2 is 1.67 bits per heavy atom. The Labute approximate surface area is 163 Å². The average molecular weight is 399 g/mol. The highest BCUT2D eigenvalue weighted by molar-refractivity contribution is 7.89. The van der Waals surface area contributed by atoms with E-state index in [0.717, 1.165) is 12.0 Å². The van der Waals surface area contributed by atoms with Crippen LogP contribution < -0.4 is 4.83 Å². The van der Waals surface area contributed by atoms with Crippen LogP contribution in [-0.2, 0) is 16.4 Å². The lowest BCUT2D eigenvalue weighted by Gasteiger charge is -2.07. The maximum atomic E-state index is 12.5. The molecule has 0 aromatic heterocycles. The number of sulfonamides is 1. The number of hydrogen-bond donors (Lipinski definition) is 1. The molecule has 4 nitrogen and oxygen atoms in total. The van der Waals surface area contributed by atoms with E-state index in [0.29, 0.717) is 12.1 Å². The predicted octanol–water partition coefficient (Wildman–Crippen LogP) is 4.14. The molecule has 142 valence electrons. The molecule has 0 aliphatic carbocycles. The zero-order valence-electron chi connectivity index (χ0n) is 16.3. The first kappa shape index (κ1) is 20.9. The largest absolute Gasteiger partial charge is 0.276 e. The number of rotatable bonds is 6. The second-order valence-corrected chi connectivity index (χ2v) is 13.9. The van der Waals surface area contributed by atoms with E-state index in [-0.39, 0.29) is 4.90 Å². The van der Waals surface area contributed by atoms with Crippen molar-refractivity contribution in [1.29, 1.82) is 0 Å². The van der Waals surface area contributed by atoms with Crippen molar-refractivity contribution < 1.29 is 8.42 Å². The zero-order chi connectivity index (χ0) is 19.9. The standard InChI is InChI=1S/C21H26N2O2SSi/c1-18-10-14-21(15-11-18)26(24,25)23-22-20(16-17-27(2,3)4)13-12-19-8-6-5-7-9-19/h5-11,14-15,23H,12-13H2,1-4H3/b22-20-. The molecule has 2 aromatic rings. The van der Waals surface area contributed by atoms with Crippen molar-refractivity contribution >= 4 is 23.8 Å². The molecule has 0 saturated carbocycles. The second-order valence-electron chi connectivity index (χ2n) is 7.45. The molecule has 27 heavy (non-hydrogen) atoms. The van der Waals surface area contributed by atoms with Gasteiger partial charge in [0.05, 0.1) is 4.90 Å². The number of nitrogens with one attached hydrogen (secondary N) is 1. The first-order chi connectivity index (χ1) is 12.7. The van der Waals surface area contributed by atoms with Crippen LogP contribution in [0.1, 0.15) is 17.5 Å². The molecule has 0 fully saturated rings. The Kier molecular flexibility index (Phi) is 7.00. The average Bonchev–Trinajstić information content (AvgIpc) is 2.61. The molecule has 2 rings (SSSR count). The molecule has 0 amide bonds. The summed E-state index contributed by atoms with van der Waals surface area (Å²) in [5.74, 6) is 3.10. The lowest BCUT2D eigenvalue weighted by molar-refractivity contribution is 0.584. The summed E-state index contributed by atoms with van der Waals surface area (Å²) in [5, 5.41) is 4.14. The first-order valence-electron chi connectivity index (χ1n) is 8.88. The molecule has 0 aliphatic rings. The van der Waals surface area contributed by atoms with Crippen molar-refractivity contribution in [3.8, 4) is 11.5 Å². The minimum Gasteiger partial charge on any atom is -0.200 e. The van der Waals surface area contributed by atoms with Crippen LogP contribution in [0.25, 0.3) is 0 Å². The molecule has 1 N–H and O–H groups in total. The van der Waals surface area contributed by atoms with Gasteiger partial charge in [-0.05, 0) is 31.0 Å². The molecule has 0 unspecified atom stereocenters. The Morgan fingerprint density at radius 1 is 1.04 bits per heavy atom. The minimum absolute atomic E-state index is 0.192. The summed E-state index contributed by atoms with van der Waals surface area (Å²) in [7, 11) is -5.30. The summed E-state index contributed by atoms with van der Waals surface area (Å²) in [6.07, 6.45) is 1.34. The third kappa shape index (κ3) is 7.41. The van der Waals surface area contributed by atoms with Gasteiger partial charge in [-0.15, -0.1) is 5.54 Å². The van der Waals surface area contributed by atoms with Crippen molar-refractivity contribution in [2.24, 2.45) is 5.10 Å². The van der Waals surface area contributed by atoms with E-state index in [2.05, 4.69) is 41.0 Å². The fraction of sp³-hybridized carbons (Fsp3) is 0.286. The molecule has 0 bridgehead atoms. The van der Waals surface area contributed by atoms with Crippen molar-refractivity contribution in [2.75, 3.05) is 0 Å². The fourth-order valence-electron chi connectivity index (χ4n) is 2.20. The van der Waals surface area contributed by atoms with Crippen LogP contribution >= 0.6 is 0 Å². The van der Waals surface area contributed by atoms with Crippen LogP contribution in [0.5, 0.6) is 0 Å². The van der Waals surface area contributed by atoms with Crippen LogP contribution in [0.3, 0.4) is 0 Å². The highest BCUT2D eigenvalue weighted by Crippen LogP contribution is 2.10. The Hall–Kier alpha value is -2.36. The van der Waals surface area contributed by atoms with Gasteiger partial charge in [0.1, 0.15) is 13.8 Å². The predicted molar refractivity (Wildman–Crippen MR) is 115 cm³/mol. The summed E-state index contributed by atoms with van der Waals surface area (Å²) >= 11 is 0. The summed E-state index contributed by atoms with van der Waals surface area (Å²) in [5.41, 5.74) is 5.99. The summed E-state index contributed by atoms with van der Waals surface area (Å²) in [6.45, 7) is 8.34. The molecular formula is C21H26N2O2SSi. The summed E-state index contributed by atoms with van der Waals surface area (Å²) in [4.78, 5) is 2.53. The van der Waals surface area contributed by atoms with E-state index in [4.69, 9.17) is 0 Å². The third-order valence-electron chi connectivity index (χ3n) is 3.71. The third-order valence-corrected chi connectivity index (χ3v) is 5.81. The van der Waals surface area contributed by atoms with E-state index in [9.17, 15) is 8.42 Å². The van der Waals surface area contributed by atoms with Crippen molar-refractivity contribution in [2.45, 2.75) is 44.3 Å². The van der Waals surface area contributed by atoms with Gasteiger partial charge >= 0.3 is 0 Å². The van der Waals surface area contributed by atoms with Gasteiger partial charge in [0.25, 0.3) is 10.0 Å². The SMILES string of the molecule is Cc1ccc(S(=O)(=O)N/N=C(\C#C[Si](C)(C)C)CCc2ccccc2)cc1. The number of aryl methyl sites for hydroxylation is 2. The van der Waals surface area contributed by atoms with E-state index >= 15 is 0 Å². The molecule has 2 aromatic carbocycles. The Balaban J connectivity index is 2.20. The smallest absolute Gasteiger partial charge is 0.200 e. The molecule has 6 heteroatoms. The van der Waals surface area contributed by atoms with E-state index < -0.39 is 18.1 Å². The zero-order valence-corrected chi connectivity index (χ0v) is 18.1. The first-order valence-corrected chi connectivity index (χ1v) is 13.9. The van der Waals surface area contributed by atoms with Crippen LogP contribution in [0, 0.1) is 18.4 Å². The van der Waals surface area contributed by atoms with Crippen molar-refractivity contribution in [3.05, 3.63) is 65.7 Å². The Morgan fingerprint density at radius 3 is 2.26 bits per heavy atom. The van der Waals surface area contributed by atoms with Gasteiger partial charge in [0.15, 0.2) is 0 Å². The molecule has 0 atom stereocenters. The Bertz CT molecular complexity index is 949. The molecular weight excluding hydrogens is 372 g/mol. The molecule has 0 radical (unpaired) electrons. The second kappa shape index (κ2) is 9.02. The molecule has 0 saturated heterocycles. The maximum absolute atomic E-state index is 12.5. The molecule has 0 heterocycles. The molecule has 0 aliphatic heterocycles. The summed E-state index contributed by atoms with van der Waals surface area (Å²) < 4.78 is 24.9. The van der Waals surface area contributed by atoms with Crippen LogP contribution in [0.4, 0.5) is 0 Å². The number of hydrogen-bond acceptors (Lipinski definition) is 3. The van der Waals surface area contributed by atoms with Crippen LogP contribution in [0.15, 0.2) is 64.6 Å². The molecule has 0 spiro atoms. The van der Waals surface area contributed by atoms with E-state index in [1.54, 1.807) is 24.3 Å². The van der Waals surface area contributed by atoms with Gasteiger partial charge in [-0.1, -0.05) is 73.6 Å². The van der Waals surface area contributed by atoms with E-state index in [1.165, 1.54) is 5.56 Å². The van der Waals surface area contributed by atoms with E-state index in [1.807, 2.05) is 37.3 Å². The topological polar surface area (TPSA) is 58.5 Å². The summed E-state index contributed by atoms with van der Waals surface area (Å²) in [6, 6.07) is 16.7. The normalized spacial score (nSPS) is 12.2. The number of hydrazone groups is 1. The van der Waals surface area contributed by atoms with Gasteiger partial charge in [0, 0.05) is 6.42 Å². The lowest BCUT2D eigenvalue weighted by Crippen LogP contribution is -2.21. The van der Waals surface area contributed by atoms with Crippen molar-refractivity contribution in [1.82, 2.24) is 4.83 Å². The quantitative estimate of drug-likeness (QED) is 0.344. The minimum atomic E-state index is -3.70. The van der Waals surface area contributed by atoms with Gasteiger partial charge in [-0.3, -0.25) is 0 Å². The highest BCUT2D eigenvalue weighted by Gasteiger charge is 2.13. The van der Waals surface area contributed by atoms with Gasteiger partial charge < -0.3 is 0 Å². The van der Waals surface area contributed by atoms with Gasteiger partial charge in [-0.2, -0.15) is 18.4 Å². The number of nitrogens with zero attached hydrogens (tertiary/aromatic N) is 1.